The van der Waals surface area contributed by atoms with Gasteiger partial charge in [-0.15, -0.1) is 0 Å². The Labute approximate surface area is 209 Å². The molecule has 1 unspecified atom stereocenters. The molecule has 2 saturated carbocycles. The lowest BCUT2D eigenvalue weighted by molar-refractivity contribution is -0.161. The summed E-state index contributed by atoms with van der Waals surface area (Å²) >= 11 is 0. The van der Waals surface area contributed by atoms with Crippen LogP contribution in [0.3, 0.4) is 0 Å². The lowest BCUT2D eigenvalue weighted by Gasteiger charge is -2.40. The van der Waals surface area contributed by atoms with Gasteiger partial charge in [0, 0.05) is 18.2 Å². The van der Waals surface area contributed by atoms with Gasteiger partial charge >= 0.3 is 0 Å². The van der Waals surface area contributed by atoms with Crippen molar-refractivity contribution in [3.63, 3.8) is 0 Å². The molecule has 194 valence electrons. The van der Waals surface area contributed by atoms with Gasteiger partial charge in [0.15, 0.2) is 0 Å². The zero-order chi connectivity index (χ0) is 25.9. The van der Waals surface area contributed by atoms with Gasteiger partial charge in [-0.05, 0) is 80.7 Å². The topological polar surface area (TPSA) is 93.5 Å². The van der Waals surface area contributed by atoms with Gasteiger partial charge in [0.2, 0.25) is 5.00 Å². The average molecular weight is 522 g/mol. The zero-order valence-corrected chi connectivity index (χ0v) is 20.8. The highest BCUT2D eigenvalue weighted by Crippen LogP contribution is 2.45. The summed E-state index contributed by atoms with van der Waals surface area (Å²) in [6.45, 7) is 1.93. The highest BCUT2D eigenvalue weighted by atomic mass is 32.2. The maximum Gasteiger partial charge on any atom is 0.254 e. The minimum Gasteiger partial charge on any atom is -0.380 e. The number of alkyl halides is 1. The summed E-state index contributed by atoms with van der Waals surface area (Å²) in [5.41, 5.74) is 0.00695. The second-order valence-corrected chi connectivity index (χ2v) is 12.5. The maximum atomic E-state index is 15.7. The molecule has 1 saturated heterocycles. The summed E-state index contributed by atoms with van der Waals surface area (Å²) in [6, 6.07) is 7.59. The van der Waals surface area contributed by atoms with Gasteiger partial charge in [-0.3, -0.25) is 4.79 Å². The van der Waals surface area contributed by atoms with Crippen molar-refractivity contribution in [3.05, 3.63) is 59.2 Å². The van der Waals surface area contributed by atoms with E-state index in [1.165, 1.54) is 17.0 Å². The van der Waals surface area contributed by atoms with E-state index in [1.54, 1.807) is 31.2 Å². The van der Waals surface area contributed by atoms with Crippen molar-refractivity contribution in [1.29, 1.82) is 4.78 Å². The van der Waals surface area contributed by atoms with Crippen molar-refractivity contribution in [2.75, 3.05) is 6.54 Å². The van der Waals surface area contributed by atoms with Gasteiger partial charge in [-0.25, -0.2) is 26.9 Å². The lowest BCUT2D eigenvalue weighted by Crippen LogP contribution is -2.57. The molecule has 1 heterocycles. The molecule has 0 aromatic heterocycles. The minimum absolute atomic E-state index is 0.00225. The number of hydrogen-bond acceptors (Lipinski definition) is 4. The Hall–Kier alpha value is -2.43. The van der Waals surface area contributed by atoms with E-state index >= 15 is 4.39 Å². The van der Waals surface area contributed by atoms with Crippen LogP contribution in [0.25, 0.3) is 11.1 Å². The van der Waals surface area contributed by atoms with Crippen LogP contribution in [0.15, 0.2) is 36.4 Å². The average Bonchev–Trinajstić information content (AvgIpc) is 3.45. The summed E-state index contributed by atoms with van der Waals surface area (Å²) in [7, 11) is -3.79. The predicted octanol–water partition coefficient (Wildman–Crippen LogP) is 4.38. The van der Waals surface area contributed by atoms with Crippen molar-refractivity contribution in [2.24, 2.45) is 0 Å². The Kier molecular flexibility index (Phi) is 6.20. The Morgan fingerprint density at radius 3 is 2.56 bits per heavy atom. The van der Waals surface area contributed by atoms with Gasteiger partial charge in [-0.1, -0.05) is 24.3 Å². The van der Waals surface area contributed by atoms with Crippen LogP contribution in [0, 0.1) is 23.3 Å². The van der Waals surface area contributed by atoms with E-state index in [9.17, 15) is 22.9 Å². The van der Waals surface area contributed by atoms with Crippen LogP contribution in [0.1, 0.15) is 49.7 Å². The smallest absolute Gasteiger partial charge is 0.254 e. The first-order valence-corrected chi connectivity index (χ1v) is 13.8. The van der Waals surface area contributed by atoms with Gasteiger partial charge in [0.25, 0.3) is 5.91 Å². The molecule has 36 heavy (non-hydrogen) atoms. The number of halogens is 3. The quantitative estimate of drug-likeness (QED) is 0.505. The fraction of sp³-hybridized carbons (Fsp3) is 0.500. The highest BCUT2D eigenvalue weighted by Gasteiger charge is 2.55. The van der Waals surface area contributed by atoms with Crippen molar-refractivity contribution in [3.8, 4) is 11.1 Å². The number of carbonyl (C=O) groups excluding carboxylic acids is 1. The van der Waals surface area contributed by atoms with E-state index in [-0.39, 0.29) is 36.9 Å². The molecular weight excluding hydrogens is 491 g/mol. The van der Waals surface area contributed by atoms with Gasteiger partial charge in [-0.2, -0.15) is 0 Å². The molecule has 3 fully saturated rings. The van der Waals surface area contributed by atoms with Crippen LogP contribution in [0.4, 0.5) is 13.2 Å². The van der Waals surface area contributed by atoms with Gasteiger partial charge in [0.1, 0.15) is 27.2 Å². The van der Waals surface area contributed by atoms with E-state index in [4.69, 9.17) is 4.78 Å². The second-order valence-electron chi connectivity index (χ2n) is 10.4. The molecule has 1 amide bonds. The SMILES string of the molecule is Cc1cc(F)cc(-c2cccc(C[C@H]3[C@@H](NS(=N)(=O)C4(F)CC4)CCN3C(=O)C3(O)CCC3)c2F)c1. The summed E-state index contributed by atoms with van der Waals surface area (Å²) in [6.07, 6.45) is 1.75. The Morgan fingerprint density at radius 1 is 1.22 bits per heavy atom. The number of nitrogens with one attached hydrogen (secondary N) is 2. The number of likely N-dealkylation sites (tertiary alicyclic amines) is 1. The third-order valence-electron chi connectivity index (χ3n) is 7.72. The Morgan fingerprint density at radius 2 is 1.94 bits per heavy atom. The Bertz CT molecular complexity index is 1290. The number of amides is 1. The fourth-order valence-electron chi connectivity index (χ4n) is 5.27. The molecule has 5 rings (SSSR count). The van der Waals surface area contributed by atoms with Gasteiger partial charge < -0.3 is 10.0 Å². The molecule has 2 aromatic rings. The first kappa shape index (κ1) is 25.2. The minimum atomic E-state index is -3.79. The highest BCUT2D eigenvalue weighted by molar-refractivity contribution is 7.92. The van der Waals surface area contributed by atoms with Crippen molar-refractivity contribution >= 4 is 15.8 Å². The number of benzene rings is 2. The number of rotatable bonds is 7. The molecule has 3 atom stereocenters. The molecule has 3 aliphatic rings. The number of carbonyl (C=O) groups is 1. The summed E-state index contributed by atoms with van der Waals surface area (Å²) in [4.78, 5) is 14.7. The van der Waals surface area contributed by atoms with Crippen LogP contribution in [-0.4, -0.2) is 49.4 Å². The third-order valence-corrected chi connectivity index (χ3v) is 9.80. The van der Waals surface area contributed by atoms with E-state index in [0.717, 1.165) is 6.42 Å². The molecule has 0 spiro atoms. The molecule has 1 aliphatic heterocycles. The summed E-state index contributed by atoms with van der Waals surface area (Å²) in [5, 5.41) is 8.61. The normalized spacial score (nSPS) is 25.8. The first-order valence-electron chi connectivity index (χ1n) is 12.3. The maximum absolute atomic E-state index is 15.7. The second kappa shape index (κ2) is 8.85. The molecule has 2 aromatic carbocycles. The molecule has 10 heteroatoms. The summed E-state index contributed by atoms with van der Waals surface area (Å²) in [5.74, 6) is -1.53. The standard InChI is InChI=1S/C26H30F3N3O3S/c1-16-12-18(14-19(27)13-16)20-5-2-4-17(23(20)28)15-22-21(31-36(30,35)26(29)9-10-26)6-11-32(22)24(33)25(34)7-3-8-25/h2,4-5,12-14,21-22,34H,3,6-11,15H2,1H3,(H2,30,31,35)/t21-,22-,36?/m0/s1. The monoisotopic (exact) mass is 521 g/mol. The van der Waals surface area contributed by atoms with Gasteiger partial charge in [0.05, 0.1) is 6.04 Å². The molecule has 2 aliphatic carbocycles. The van der Waals surface area contributed by atoms with Crippen LogP contribution in [-0.2, 0) is 21.1 Å². The lowest BCUT2D eigenvalue weighted by atomic mass is 9.79. The molecule has 3 N–H and O–H groups in total. The number of nitrogens with zero attached hydrogens (tertiary/aromatic N) is 1. The Balaban J connectivity index is 1.48. The van der Waals surface area contributed by atoms with Crippen molar-refractivity contribution in [1.82, 2.24) is 9.62 Å². The van der Waals surface area contributed by atoms with Crippen LogP contribution >= 0.6 is 0 Å². The van der Waals surface area contributed by atoms with E-state index in [1.807, 2.05) is 0 Å². The number of aryl methyl sites for hydroxylation is 1. The van der Waals surface area contributed by atoms with Crippen LogP contribution in [0.5, 0.6) is 0 Å². The zero-order valence-electron chi connectivity index (χ0n) is 20.0. The molecule has 6 nitrogen and oxygen atoms in total. The van der Waals surface area contributed by atoms with E-state index in [0.29, 0.717) is 30.4 Å². The largest absolute Gasteiger partial charge is 0.380 e. The predicted molar refractivity (Wildman–Crippen MR) is 130 cm³/mol. The number of aliphatic hydroxyl groups is 1. The van der Waals surface area contributed by atoms with E-state index in [2.05, 4.69) is 4.72 Å². The van der Waals surface area contributed by atoms with Crippen molar-refractivity contribution < 1.29 is 27.3 Å². The molecule has 0 radical (unpaired) electrons. The van der Waals surface area contributed by atoms with Crippen LogP contribution < -0.4 is 4.72 Å². The first-order chi connectivity index (χ1) is 16.9. The summed E-state index contributed by atoms with van der Waals surface area (Å²) < 4.78 is 68.0. The van der Waals surface area contributed by atoms with E-state index < -0.39 is 50.1 Å². The molecular formula is C26H30F3N3O3S. The van der Waals surface area contributed by atoms with Crippen molar-refractivity contribution in [2.45, 2.75) is 74.6 Å². The fourth-order valence-corrected chi connectivity index (χ4v) is 6.86. The molecule has 0 bridgehead atoms. The number of hydrogen-bond donors (Lipinski definition) is 3. The third kappa shape index (κ3) is 4.43. The van der Waals surface area contributed by atoms with Crippen LogP contribution in [0.2, 0.25) is 0 Å².